The summed E-state index contributed by atoms with van der Waals surface area (Å²) < 4.78 is 1.05. The normalized spacial score (nSPS) is 26.8. The molecular formula is C14H18BrN3O. The number of aryl methyl sites for hydroxylation is 1. The first-order valence-electron chi connectivity index (χ1n) is 6.80. The molecule has 4 nitrogen and oxygen atoms in total. The van der Waals surface area contributed by atoms with E-state index in [2.05, 4.69) is 44.1 Å². The van der Waals surface area contributed by atoms with E-state index in [0.29, 0.717) is 18.4 Å². The van der Waals surface area contributed by atoms with Gasteiger partial charge in [0.05, 0.1) is 0 Å². The molecule has 0 aromatic carbocycles. The van der Waals surface area contributed by atoms with E-state index in [1.54, 1.807) is 0 Å². The number of halogens is 1. The van der Waals surface area contributed by atoms with E-state index in [0.717, 1.165) is 36.2 Å². The Labute approximate surface area is 121 Å². The van der Waals surface area contributed by atoms with Crippen molar-refractivity contribution < 1.29 is 4.79 Å². The average molecular weight is 324 g/mol. The molecule has 2 aliphatic heterocycles. The van der Waals surface area contributed by atoms with Crippen molar-refractivity contribution >= 4 is 27.7 Å². The summed E-state index contributed by atoms with van der Waals surface area (Å²) in [6.07, 6.45) is 4.57. The number of nitrogens with one attached hydrogen (secondary N) is 1. The fourth-order valence-electron chi connectivity index (χ4n) is 3.02. The van der Waals surface area contributed by atoms with E-state index in [1.165, 1.54) is 5.56 Å². The fraction of sp³-hybridized carbons (Fsp3) is 0.571. The number of hydrogen-bond donors (Lipinski definition) is 1. The van der Waals surface area contributed by atoms with Crippen LogP contribution in [-0.2, 0) is 4.79 Å². The molecule has 0 saturated carbocycles. The van der Waals surface area contributed by atoms with Crippen LogP contribution in [0.15, 0.2) is 16.7 Å². The largest absolute Gasteiger partial charge is 0.356 e. The van der Waals surface area contributed by atoms with Gasteiger partial charge in [-0.25, -0.2) is 4.98 Å². The molecule has 19 heavy (non-hydrogen) atoms. The monoisotopic (exact) mass is 323 g/mol. The Balaban J connectivity index is 1.74. The number of carbonyl (C=O) groups excluding carboxylic acids is 1. The van der Waals surface area contributed by atoms with Crippen molar-refractivity contribution in [1.29, 1.82) is 0 Å². The third-order valence-corrected chi connectivity index (χ3v) is 5.01. The average Bonchev–Trinajstić information content (AvgIpc) is 2.41. The summed E-state index contributed by atoms with van der Waals surface area (Å²) >= 11 is 3.49. The van der Waals surface area contributed by atoms with Gasteiger partial charge in [0.15, 0.2) is 0 Å². The van der Waals surface area contributed by atoms with Crippen LogP contribution in [-0.4, -0.2) is 30.0 Å². The second kappa shape index (κ2) is 5.12. The summed E-state index contributed by atoms with van der Waals surface area (Å²) in [6, 6.07) is 2.50. The summed E-state index contributed by atoms with van der Waals surface area (Å²) in [5, 5.41) is 3.12. The molecule has 1 aromatic heterocycles. The van der Waals surface area contributed by atoms with Crippen LogP contribution < -0.4 is 10.2 Å². The number of hydrogen-bond acceptors (Lipinski definition) is 3. The molecule has 5 heteroatoms. The van der Waals surface area contributed by atoms with Crippen LogP contribution in [0.3, 0.4) is 0 Å². The summed E-state index contributed by atoms with van der Waals surface area (Å²) in [6.45, 7) is 4.05. The van der Waals surface area contributed by atoms with Crippen LogP contribution in [0.25, 0.3) is 0 Å². The summed E-state index contributed by atoms with van der Waals surface area (Å²) in [5.74, 6) is 1.83. The zero-order valence-electron chi connectivity index (χ0n) is 11.0. The Bertz CT molecular complexity index is 505. The number of fused-ring (bicyclic) bond motifs is 1. The van der Waals surface area contributed by atoms with Crippen LogP contribution in [0.2, 0.25) is 0 Å². The Kier molecular flexibility index (Phi) is 3.48. The van der Waals surface area contributed by atoms with Gasteiger partial charge in [0.2, 0.25) is 5.91 Å². The van der Waals surface area contributed by atoms with Crippen LogP contribution in [0, 0.1) is 12.8 Å². The number of anilines is 1. The van der Waals surface area contributed by atoms with E-state index < -0.39 is 0 Å². The van der Waals surface area contributed by atoms with Crippen molar-refractivity contribution in [2.75, 3.05) is 18.0 Å². The van der Waals surface area contributed by atoms with Crippen molar-refractivity contribution in [2.24, 2.45) is 5.92 Å². The molecule has 0 radical (unpaired) electrons. The minimum atomic E-state index is 0.215. The van der Waals surface area contributed by atoms with E-state index in [9.17, 15) is 4.79 Å². The molecule has 2 atom stereocenters. The third-order valence-electron chi connectivity index (χ3n) is 4.18. The number of pyridine rings is 1. The van der Waals surface area contributed by atoms with Gasteiger partial charge in [0.25, 0.3) is 0 Å². The first kappa shape index (κ1) is 12.9. The van der Waals surface area contributed by atoms with Gasteiger partial charge in [0, 0.05) is 36.2 Å². The summed E-state index contributed by atoms with van der Waals surface area (Å²) in [4.78, 5) is 18.3. The van der Waals surface area contributed by atoms with Gasteiger partial charge in [-0.05, 0) is 53.2 Å². The number of nitrogens with zero attached hydrogens (tertiary/aromatic N) is 2. The van der Waals surface area contributed by atoms with Crippen molar-refractivity contribution in [3.63, 3.8) is 0 Å². The second-order valence-electron chi connectivity index (χ2n) is 5.50. The van der Waals surface area contributed by atoms with Gasteiger partial charge in [-0.2, -0.15) is 0 Å². The van der Waals surface area contributed by atoms with Gasteiger partial charge < -0.3 is 10.2 Å². The highest BCUT2D eigenvalue weighted by Gasteiger charge is 2.34. The van der Waals surface area contributed by atoms with Gasteiger partial charge >= 0.3 is 0 Å². The van der Waals surface area contributed by atoms with Crippen molar-refractivity contribution in [3.8, 4) is 0 Å². The van der Waals surface area contributed by atoms with Crippen LogP contribution >= 0.6 is 15.9 Å². The molecule has 3 heterocycles. The number of amides is 1. The second-order valence-corrected chi connectivity index (χ2v) is 6.35. The van der Waals surface area contributed by atoms with Gasteiger partial charge in [-0.3, -0.25) is 4.79 Å². The molecular weight excluding hydrogens is 306 g/mol. The smallest absolute Gasteiger partial charge is 0.220 e. The van der Waals surface area contributed by atoms with Crippen molar-refractivity contribution in [2.45, 2.75) is 32.2 Å². The Morgan fingerprint density at radius 2 is 2.32 bits per heavy atom. The predicted octanol–water partition coefficient (Wildman–Crippen LogP) is 2.26. The zero-order chi connectivity index (χ0) is 13.4. The molecule has 102 valence electrons. The quantitative estimate of drug-likeness (QED) is 0.862. The Hall–Kier alpha value is -1.10. The highest BCUT2D eigenvalue weighted by molar-refractivity contribution is 9.10. The number of rotatable bonds is 1. The third kappa shape index (κ3) is 2.61. The molecule has 0 aliphatic carbocycles. The number of carbonyl (C=O) groups is 1. The lowest BCUT2D eigenvalue weighted by atomic mass is 9.85. The van der Waals surface area contributed by atoms with Crippen LogP contribution in [0.5, 0.6) is 0 Å². The predicted molar refractivity (Wildman–Crippen MR) is 78.2 cm³/mol. The first-order chi connectivity index (χ1) is 9.13. The molecule has 2 aliphatic rings. The fourth-order valence-corrected chi connectivity index (χ4v) is 3.23. The molecule has 1 N–H and O–H groups in total. The maximum Gasteiger partial charge on any atom is 0.220 e. The lowest BCUT2D eigenvalue weighted by Crippen LogP contribution is -2.54. The van der Waals surface area contributed by atoms with E-state index >= 15 is 0 Å². The molecule has 0 bridgehead atoms. The molecule has 2 fully saturated rings. The minimum Gasteiger partial charge on any atom is -0.356 e. The lowest BCUT2D eigenvalue weighted by Gasteiger charge is -2.42. The van der Waals surface area contributed by atoms with Crippen molar-refractivity contribution in [1.82, 2.24) is 10.3 Å². The van der Waals surface area contributed by atoms with Gasteiger partial charge in [0.1, 0.15) is 5.82 Å². The molecule has 1 aromatic rings. The van der Waals surface area contributed by atoms with Gasteiger partial charge in [-0.1, -0.05) is 0 Å². The standard InChI is InChI=1S/C14H18BrN3O/c1-9-6-13(16-7-11(9)15)18-5-4-12-10(8-18)2-3-14(19)17-12/h6-7,10,12H,2-5,8H2,1H3,(H,17,19). The molecule has 2 saturated heterocycles. The zero-order valence-corrected chi connectivity index (χ0v) is 12.6. The Morgan fingerprint density at radius 3 is 3.11 bits per heavy atom. The molecule has 1 amide bonds. The molecule has 3 rings (SSSR count). The highest BCUT2D eigenvalue weighted by atomic mass is 79.9. The summed E-state index contributed by atoms with van der Waals surface area (Å²) in [5.41, 5.74) is 1.21. The highest BCUT2D eigenvalue weighted by Crippen LogP contribution is 2.29. The maximum atomic E-state index is 11.4. The first-order valence-corrected chi connectivity index (χ1v) is 7.59. The molecule has 0 spiro atoms. The van der Waals surface area contributed by atoms with Crippen LogP contribution in [0.1, 0.15) is 24.8 Å². The SMILES string of the molecule is Cc1cc(N2CCC3NC(=O)CCC3C2)ncc1Br. The topological polar surface area (TPSA) is 45.2 Å². The van der Waals surface area contributed by atoms with Crippen LogP contribution in [0.4, 0.5) is 5.82 Å². The number of piperidine rings is 2. The molecule has 2 unspecified atom stereocenters. The van der Waals surface area contributed by atoms with E-state index in [4.69, 9.17) is 0 Å². The number of aromatic nitrogens is 1. The lowest BCUT2D eigenvalue weighted by molar-refractivity contribution is -0.124. The van der Waals surface area contributed by atoms with E-state index in [-0.39, 0.29) is 5.91 Å². The van der Waals surface area contributed by atoms with Gasteiger partial charge in [-0.15, -0.1) is 0 Å². The Morgan fingerprint density at radius 1 is 1.47 bits per heavy atom. The minimum absolute atomic E-state index is 0.215. The van der Waals surface area contributed by atoms with Crippen molar-refractivity contribution in [3.05, 3.63) is 22.3 Å². The summed E-state index contributed by atoms with van der Waals surface area (Å²) in [7, 11) is 0. The maximum absolute atomic E-state index is 11.4. The van der Waals surface area contributed by atoms with E-state index in [1.807, 2.05) is 6.20 Å².